The fourth-order valence-corrected chi connectivity index (χ4v) is 4.28. The van der Waals surface area contributed by atoms with Crippen molar-refractivity contribution in [1.82, 2.24) is 14.8 Å². The van der Waals surface area contributed by atoms with Gasteiger partial charge >= 0.3 is 6.03 Å². The summed E-state index contributed by atoms with van der Waals surface area (Å²) < 4.78 is 15.3. The van der Waals surface area contributed by atoms with Crippen LogP contribution < -0.4 is 5.32 Å². The number of benzene rings is 2. The smallest absolute Gasteiger partial charge is 0.319 e. The van der Waals surface area contributed by atoms with E-state index in [1.165, 1.54) is 12.1 Å². The van der Waals surface area contributed by atoms with Crippen LogP contribution in [0, 0.1) is 19.7 Å². The number of hydrogen-bond acceptors (Lipinski definition) is 3. The van der Waals surface area contributed by atoms with Crippen LogP contribution in [-0.2, 0) is 10.3 Å². The summed E-state index contributed by atoms with van der Waals surface area (Å²) in [5.74, 6) is -1.39. The van der Waals surface area contributed by atoms with E-state index in [0.29, 0.717) is 22.5 Å². The Labute approximate surface area is 189 Å². The van der Waals surface area contributed by atoms with Crippen molar-refractivity contribution < 1.29 is 18.8 Å². The van der Waals surface area contributed by atoms with E-state index in [4.69, 9.17) is 11.6 Å². The van der Waals surface area contributed by atoms with E-state index in [9.17, 15) is 18.8 Å². The topological polar surface area (TPSA) is 71.4 Å². The number of halogens is 2. The van der Waals surface area contributed by atoms with E-state index in [0.717, 1.165) is 10.6 Å². The van der Waals surface area contributed by atoms with Crippen LogP contribution in [0.1, 0.15) is 34.2 Å². The number of amides is 3. The van der Waals surface area contributed by atoms with E-state index in [2.05, 4.69) is 5.32 Å². The predicted molar refractivity (Wildman–Crippen MR) is 119 cm³/mol. The molecule has 0 saturated carbocycles. The van der Waals surface area contributed by atoms with Crippen molar-refractivity contribution >= 4 is 29.3 Å². The van der Waals surface area contributed by atoms with Gasteiger partial charge in [-0.2, -0.15) is 0 Å². The summed E-state index contributed by atoms with van der Waals surface area (Å²) in [6, 6.07) is 14.3. The standard InChI is InChI=1S/C24H21ClFN3O3/c1-14-11-18(15(2)29(14)17-9-10-20(26)19(25)12-17)21(30)13-28-22(31)24(3,27-23(28)32)16-7-5-4-6-8-16/h4-12H,13H2,1-3H3,(H,27,32). The molecule has 2 heterocycles. The molecule has 4 rings (SSSR count). The molecule has 3 aromatic rings. The lowest BCUT2D eigenvalue weighted by Gasteiger charge is -2.22. The highest BCUT2D eigenvalue weighted by Crippen LogP contribution is 2.30. The van der Waals surface area contributed by atoms with Gasteiger partial charge < -0.3 is 9.88 Å². The predicted octanol–water partition coefficient (Wildman–Crippen LogP) is 4.54. The molecule has 1 fully saturated rings. The van der Waals surface area contributed by atoms with Gasteiger partial charge in [-0.25, -0.2) is 9.18 Å². The van der Waals surface area contributed by atoms with Gasteiger partial charge in [-0.05, 0) is 50.6 Å². The highest BCUT2D eigenvalue weighted by Gasteiger charge is 2.49. The van der Waals surface area contributed by atoms with Crippen molar-refractivity contribution in [2.75, 3.05) is 6.54 Å². The first-order valence-electron chi connectivity index (χ1n) is 10.0. The fourth-order valence-electron chi connectivity index (χ4n) is 4.10. The molecule has 1 atom stereocenters. The van der Waals surface area contributed by atoms with Crippen LogP contribution in [0.15, 0.2) is 54.6 Å². The number of rotatable bonds is 5. The van der Waals surface area contributed by atoms with Gasteiger partial charge in [0.2, 0.25) is 0 Å². The Morgan fingerprint density at radius 1 is 1.09 bits per heavy atom. The highest BCUT2D eigenvalue weighted by atomic mass is 35.5. The van der Waals surface area contributed by atoms with Gasteiger partial charge in [-0.1, -0.05) is 41.9 Å². The molecular formula is C24H21ClFN3O3. The average molecular weight is 454 g/mol. The van der Waals surface area contributed by atoms with E-state index >= 15 is 0 Å². The molecule has 1 aliphatic rings. The van der Waals surface area contributed by atoms with Crippen molar-refractivity contribution in [2.45, 2.75) is 26.3 Å². The van der Waals surface area contributed by atoms with Gasteiger partial charge in [0.1, 0.15) is 11.4 Å². The molecule has 32 heavy (non-hydrogen) atoms. The summed E-state index contributed by atoms with van der Waals surface area (Å²) in [5, 5.41) is 2.68. The molecule has 0 bridgehead atoms. The third-order valence-electron chi connectivity index (χ3n) is 5.82. The van der Waals surface area contributed by atoms with E-state index in [1.807, 2.05) is 6.07 Å². The Balaban J connectivity index is 1.62. The normalized spacial score (nSPS) is 18.2. The Kier molecular flexibility index (Phi) is 5.38. The largest absolute Gasteiger partial charge is 0.325 e. The quantitative estimate of drug-likeness (QED) is 0.455. The molecule has 0 aliphatic carbocycles. The molecule has 1 aromatic heterocycles. The van der Waals surface area contributed by atoms with Gasteiger partial charge in [-0.15, -0.1) is 0 Å². The zero-order chi connectivity index (χ0) is 23.2. The molecule has 1 saturated heterocycles. The number of urea groups is 1. The summed E-state index contributed by atoms with van der Waals surface area (Å²) >= 11 is 5.92. The first kappa shape index (κ1) is 21.8. The van der Waals surface area contributed by atoms with Crippen molar-refractivity contribution in [3.63, 3.8) is 0 Å². The maximum atomic E-state index is 13.6. The number of ketones is 1. The first-order chi connectivity index (χ1) is 15.1. The number of imide groups is 1. The monoisotopic (exact) mass is 453 g/mol. The van der Waals surface area contributed by atoms with Gasteiger partial charge in [0.15, 0.2) is 5.78 Å². The Morgan fingerprint density at radius 3 is 2.44 bits per heavy atom. The summed E-state index contributed by atoms with van der Waals surface area (Å²) in [7, 11) is 0. The summed E-state index contributed by atoms with van der Waals surface area (Å²) in [5.41, 5.74) is 1.72. The van der Waals surface area contributed by atoms with Crippen molar-refractivity contribution in [2.24, 2.45) is 0 Å². The minimum absolute atomic E-state index is 0.0255. The van der Waals surface area contributed by atoms with Crippen LogP contribution in [0.5, 0.6) is 0 Å². The van der Waals surface area contributed by atoms with Crippen molar-refractivity contribution in [1.29, 1.82) is 0 Å². The van der Waals surface area contributed by atoms with Gasteiger partial charge in [0.05, 0.1) is 11.6 Å². The van der Waals surface area contributed by atoms with Crippen LogP contribution >= 0.6 is 11.6 Å². The lowest BCUT2D eigenvalue weighted by Crippen LogP contribution is -2.41. The molecule has 0 spiro atoms. The molecule has 1 unspecified atom stereocenters. The van der Waals surface area contributed by atoms with Crippen LogP contribution in [-0.4, -0.2) is 33.7 Å². The Morgan fingerprint density at radius 2 is 1.78 bits per heavy atom. The van der Waals surface area contributed by atoms with Crippen molar-refractivity contribution in [3.8, 4) is 5.69 Å². The highest BCUT2D eigenvalue weighted by molar-refractivity contribution is 6.30. The first-order valence-corrected chi connectivity index (χ1v) is 10.4. The zero-order valence-corrected chi connectivity index (χ0v) is 18.5. The Hall–Kier alpha value is -3.45. The molecule has 6 nitrogen and oxygen atoms in total. The average Bonchev–Trinajstić information content (AvgIpc) is 3.18. The summed E-state index contributed by atoms with van der Waals surface area (Å²) in [6.07, 6.45) is 0. The number of nitrogens with zero attached hydrogens (tertiary/aromatic N) is 2. The SMILES string of the molecule is Cc1cc(C(=O)CN2C(=O)NC(C)(c3ccccc3)C2=O)c(C)n1-c1ccc(F)c(Cl)c1. The van der Waals surface area contributed by atoms with Gasteiger partial charge in [0.25, 0.3) is 5.91 Å². The van der Waals surface area contributed by atoms with Crippen LogP contribution in [0.3, 0.4) is 0 Å². The molecule has 2 aromatic carbocycles. The number of carbonyl (C=O) groups is 3. The van der Waals surface area contributed by atoms with Crippen LogP contribution in [0.2, 0.25) is 5.02 Å². The second-order valence-electron chi connectivity index (χ2n) is 7.95. The maximum absolute atomic E-state index is 13.6. The number of carbonyl (C=O) groups excluding carboxylic acids is 3. The number of Topliss-reactive ketones (excluding diaryl/α,β-unsaturated/α-hetero) is 1. The minimum Gasteiger partial charge on any atom is -0.319 e. The molecule has 1 N–H and O–H groups in total. The molecule has 1 aliphatic heterocycles. The summed E-state index contributed by atoms with van der Waals surface area (Å²) in [6.45, 7) is 4.79. The second-order valence-corrected chi connectivity index (χ2v) is 8.36. The van der Waals surface area contributed by atoms with Crippen LogP contribution in [0.4, 0.5) is 9.18 Å². The number of nitrogens with one attached hydrogen (secondary N) is 1. The lowest BCUT2D eigenvalue weighted by atomic mass is 9.92. The molecule has 0 radical (unpaired) electrons. The van der Waals surface area contributed by atoms with E-state index < -0.39 is 23.3 Å². The third kappa shape index (κ3) is 3.48. The van der Waals surface area contributed by atoms with Crippen LogP contribution in [0.25, 0.3) is 5.69 Å². The fraction of sp³-hybridized carbons (Fsp3) is 0.208. The minimum atomic E-state index is -1.24. The van der Waals surface area contributed by atoms with E-state index in [1.54, 1.807) is 61.7 Å². The Bertz CT molecular complexity index is 1250. The second kappa shape index (κ2) is 7.91. The van der Waals surface area contributed by atoms with E-state index in [-0.39, 0.29) is 17.4 Å². The summed E-state index contributed by atoms with van der Waals surface area (Å²) in [4.78, 5) is 39.7. The number of aromatic nitrogens is 1. The van der Waals surface area contributed by atoms with Crippen molar-refractivity contribution in [3.05, 3.63) is 88.0 Å². The molecular weight excluding hydrogens is 433 g/mol. The molecule has 8 heteroatoms. The van der Waals surface area contributed by atoms with Gasteiger partial charge in [0, 0.05) is 22.6 Å². The van der Waals surface area contributed by atoms with Gasteiger partial charge in [-0.3, -0.25) is 14.5 Å². The third-order valence-corrected chi connectivity index (χ3v) is 6.11. The molecule has 3 amide bonds. The maximum Gasteiger partial charge on any atom is 0.325 e. The lowest BCUT2D eigenvalue weighted by molar-refractivity contribution is -0.130. The zero-order valence-electron chi connectivity index (χ0n) is 17.8. The molecule has 164 valence electrons. The number of aryl methyl sites for hydroxylation is 1. The number of hydrogen-bond donors (Lipinski definition) is 1.